The second kappa shape index (κ2) is 9.17. The van der Waals surface area contributed by atoms with Crippen LogP contribution in [0.25, 0.3) is 0 Å². The van der Waals surface area contributed by atoms with Gasteiger partial charge in [-0.1, -0.05) is 49.1 Å². The highest BCUT2D eigenvalue weighted by Gasteiger charge is 2.63. The van der Waals surface area contributed by atoms with Gasteiger partial charge in [0.05, 0.1) is 6.26 Å². The first-order valence-corrected chi connectivity index (χ1v) is 13.9. The summed E-state index contributed by atoms with van der Waals surface area (Å²) in [6, 6.07) is 16.9. The Morgan fingerprint density at radius 3 is 2.58 bits per heavy atom. The normalized spacial score (nSPS) is 31.8. The molecule has 1 heterocycles. The van der Waals surface area contributed by atoms with Gasteiger partial charge < -0.3 is 14.7 Å². The summed E-state index contributed by atoms with van der Waals surface area (Å²) in [7, 11) is 4.11. The van der Waals surface area contributed by atoms with E-state index in [0.29, 0.717) is 19.3 Å². The lowest BCUT2D eigenvalue weighted by Crippen LogP contribution is -2.53. The number of anilines is 1. The molecule has 4 heteroatoms. The number of nitrogens with zero attached hydrogens (tertiary/aromatic N) is 1. The highest BCUT2D eigenvalue weighted by Crippen LogP contribution is 2.64. The van der Waals surface area contributed by atoms with Crippen molar-refractivity contribution in [2.75, 3.05) is 19.0 Å². The molecule has 2 aromatic rings. The number of rotatable bonds is 2. The molecule has 0 spiro atoms. The zero-order chi connectivity index (χ0) is 26.7. The van der Waals surface area contributed by atoms with Crippen LogP contribution in [-0.4, -0.2) is 36.7 Å². The van der Waals surface area contributed by atoms with Gasteiger partial charge in [0.25, 0.3) is 0 Å². The van der Waals surface area contributed by atoms with Crippen LogP contribution in [0.15, 0.2) is 71.5 Å². The van der Waals surface area contributed by atoms with E-state index in [-0.39, 0.29) is 23.7 Å². The number of Topliss-reactive ketones (excluding diaryl/α,β-unsaturated/α-hetero) is 1. The fourth-order valence-electron chi connectivity index (χ4n) is 7.40. The van der Waals surface area contributed by atoms with Crippen molar-refractivity contribution < 1.29 is 14.6 Å². The lowest BCUT2D eigenvalue weighted by molar-refractivity contribution is -0.119. The summed E-state index contributed by atoms with van der Waals surface area (Å²) in [5, 5.41) is 12.2. The van der Waals surface area contributed by atoms with E-state index in [4.69, 9.17) is 4.74 Å². The molecular weight excluding hydrogens is 470 g/mol. The minimum atomic E-state index is -1.10. The average Bonchev–Trinajstić information content (AvgIpc) is 3.17. The fourth-order valence-corrected chi connectivity index (χ4v) is 7.40. The topological polar surface area (TPSA) is 49.8 Å². The number of aryl methyl sites for hydroxylation is 1. The minimum Gasteiger partial charge on any atom is -0.493 e. The summed E-state index contributed by atoms with van der Waals surface area (Å²) < 4.78 is 6.53. The van der Waals surface area contributed by atoms with Gasteiger partial charge in [0, 0.05) is 55.4 Å². The van der Waals surface area contributed by atoms with Crippen molar-refractivity contribution in [1.29, 1.82) is 0 Å². The quantitative estimate of drug-likeness (QED) is 0.501. The van der Waals surface area contributed by atoms with Crippen LogP contribution in [-0.2, 0) is 9.53 Å². The van der Waals surface area contributed by atoms with Crippen LogP contribution in [0.2, 0.25) is 0 Å². The Morgan fingerprint density at radius 1 is 1.08 bits per heavy atom. The van der Waals surface area contributed by atoms with Crippen LogP contribution in [0, 0.1) is 30.1 Å². The Labute approximate surface area is 226 Å². The van der Waals surface area contributed by atoms with Crippen LogP contribution >= 0.6 is 0 Å². The van der Waals surface area contributed by atoms with Crippen LogP contribution in [0.3, 0.4) is 0 Å². The second-order valence-corrected chi connectivity index (χ2v) is 12.1. The van der Waals surface area contributed by atoms with Crippen LogP contribution in [0.5, 0.6) is 0 Å². The molecule has 3 aliphatic carbocycles. The van der Waals surface area contributed by atoms with Crippen molar-refractivity contribution in [2.24, 2.45) is 11.3 Å². The number of carbonyl (C=O) groups excluding carboxylic acids is 1. The van der Waals surface area contributed by atoms with Crippen LogP contribution < -0.4 is 4.90 Å². The molecule has 0 unspecified atom stereocenters. The summed E-state index contributed by atoms with van der Waals surface area (Å²) in [6.45, 7) is 4.29. The number of fused-ring (bicyclic) bond motifs is 4. The molecule has 0 bridgehead atoms. The third-order valence-electron chi connectivity index (χ3n) is 9.75. The van der Waals surface area contributed by atoms with E-state index in [0.717, 1.165) is 41.6 Å². The molecule has 5 atom stereocenters. The van der Waals surface area contributed by atoms with E-state index in [1.165, 1.54) is 16.7 Å². The first-order valence-electron chi connectivity index (χ1n) is 13.9. The maximum absolute atomic E-state index is 12.3. The lowest BCUT2D eigenvalue weighted by Gasteiger charge is -2.52. The molecular formula is C34H37NO3. The number of aliphatic hydroxyl groups is 1. The first-order chi connectivity index (χ1) is 18.2. The molecule has 4 nitrogen and oxygen atoms in total. The van der Waals surface area contributed by atoms with E-state index >= 15 is 0 Å². The molecule has 1 N–H and O–H groups in total. The van der Waals surface area contributed by atoms with Crippen molar-refractivity contribution >= 4 is 11.5 Å². The van der Waals surface area contributed by atoms with Crippen LogP contribution in [0.1, 0.15) is 68.1 Å². The Hall–Kier alpha value is -3.29. The van der Waals surface area contributed by atoms with Crippen molar-refractivity contribution in [3.05, 3.63) is 88.2 Å². The fraction of sp³-hybridized carbons (Fsp3) is 0.441. The Bertz CT molecular complexity index is 1410. The molecule has 0 saturated heterocycles. The molecule has 3 fully saturated rings. The van der Waals surface area contributed by atoms with Gasteiger partial charge >= 0.3 is 0 Å². The molecule has 0 radical (unpaired) electrons. The summed E-state index contributed by atoms with van der Waals surface area (Å²) in [6.07, 6.45) is 5.91. The van der Waals surface area contributed by atoms with Gasteiger partial charge in [-0.15, -0.1) is 0 Å². The van der Waals surface area contributed by atoms with Gasteiger partial charge in [0.15, 0.2) is 0 Å². The maximum atomic E-state index is 12.3. The molecule has 1 aliphatic heterocycles. The third kappa shape index (κ3) is 3.91. The van der Waals surface area contributed by atoms with E-state index in [9.17, 15) is 9.90 Å². The largest absolute Gasteiger partial charge is 0.493 e. The molecule has 3 saturated carbocycles. The molecule has 6 rings (SSSR count). The number of hydrogen-bond donors (Lipinski definition) is 1. The van der Waals surface area contributed by atoms with E-state index in [1.807, 2.05) is 24.5 Å². The van der Waals surface area contributed by atoms with E-state index < -0.39 is 11.0 Å². The molecule has 38 heavy (non-hydrogen) atoms. The van der Waals surface area contributed by atoms with Gasteiger partial charge in [-0.2, -0.15) is 0 Å². The highest BCUT2D eigenvalue weighted by atomic mass is 16.5. The number of ether oxygens (including phenoxy) is 1. The highest BCUT2D eigenvalue weighted by molar-refractivity contribution is 5.84. The predicted molar refractivity (Wildman–Crippen MR) is 151 cm³/mol. The number of allylic oxidation sites excluding steroid dienone is 2. The summed E-state index contributed by atoms with van der Waals surface area (Å²) in [5.41, 5.74) is 6.68. The molecule has 2 aromatic carbocycles. The predicted octanol–water partition coefficient (Wildman–Crippen LogP) is 6.08. The van der Waals surface area contributed by atoms with Crippen molar-refractivity contribution in [1.82, 2.24) is 0 Å². The van der Waals surface area contributed by atoms with Gasteiger partial charge in [0.1, 0.15) is 17.5 Å². The lowest BCUT2D eigenvalue weighted by atomic mass is 9.55. The number of ketones is 1. The first kappa shape index (κ1) is 25.0. The Kier molecular flexibility index (Phi) is 6.04. The summed E-state index contributed by atoms with van der Waals surface area (Å²) >= 11 is 0. The van der Waals surface area contributed by atoms with Crippen molar-refractivity contribution in [2.45, 2.75) is 70.0 Å². The molecule has 0 amide bonds. The number of carbonyl (C=O) groups is 1. The zero-order valence-corrected chi connectivity index (χ0v) is 22.9. The van der Waals surface area contributed by atoms with E-state index in [2.05, 4.69) is 75.0 Å². The molecule has 196 valence electrons. The number of benzene rings is 2. The Balaban J connectivity index is 1.45. The van der Waals surface area contributed by atoms with Crippen molar-refractivity contribution in [3.63, 3.8) is 0 Å². The van der Waals surface area contributed by atoms with Gasteiger partial charge in [-0.3, -0.25) is 4.79 Å². The van der Waals surface area contributed by atoms with Crippen molar-refractivity contribution in [3.8, 4) is 11.8 Å². The zero-order valence-electron chi connectivity index (χ0n) is 22.9. The standard InChI is InChI=1S/C34H37NO3/c1-22-7-5-6-8-23(22)15-17-34(37)18-16-30-32-31(28-14-13-27(36)19-25(28)21-38-32)29(20-33(30,34)2)24-9-11-26(12-10-24)35(3)4/h5-12,21,29-30,32,37H,13-14,16,18-20H2,1-4H3/t29-,30+,32+,33+,34+/m1/s1. The monoisotopic (exact) mass is 507 g/mol. The Morgan fingerprint density at radius 2 is 1.84 bits per heavy atom. The number of hydrogen-bond acceptors (Lipinski definition) is 4. The van der Waals surface area contributed by atoms with Crippen LogP contribution in [0.4, 0.5) is 5.69 Å². The van der Waals surface area contributed by atoms with Gasteiger partial charge in [-0.05, 0) is 78.7 Å². The van der Waals surface area contributed by atoms with Gasteiger partial charge in [-0.25, -0.2) is 0 Å². The van der Waals surface area contributed by atoms with Gasteiger partial charge in [0.2, 0.25) is 0 Å². The third-order valence-corrected chi connectivity index (χ3v) is 9.75. The molecule has 4 aliphatic rings. The summed E-state index contributed by atoms with van der Waals surface area (Å²) in [4.78, 5) is 14.4. The maximum Gasteiger partial charge on any atom is 0.137 e. The minimum absolute atomic E-state index is 0.103. The smallest absolute Gasteiger partial charge is 0.137 e. The second-order valence-electron chi connectivity index (χ2n) is 12.1. The summed E-state index contributed by atoms with van der Waals surface area (Å²) in [5.74, 6) is 7.27. The SMILES string of the molecule is Cc1ccccc1C#C[C@]1(O)CC[C@H]2[C@@H]3OC=C4CC(=O)CCC4=C3[C@@H](c3ccc(N(C)C)cc3)C[C@@]21C. The average molecular weight is 508 g/mol. The van der Waals surface area contributed by atoms with E-state index in [1.54, 1.807) is 0 Å². The molecule has 0 aromatic heterocycles.